The van der Waals surface area contributed by atoms with Gasteiger partial charge in [0.25, 0.3) is 0 Å². The monoisotopic (exact) mass is 305 g/mol. The summed E-state index contributed by atoms with van der Waals surface area (Å²) in [6, 6.07) is 6.56. The van der Waals surface area contributed by atoms with E-state index in [0.717, 1.165) is 37.3 Å². The van der Waals surface area contributed by atoms with Gasteiger partial charge >= 0.3 is 0 Å². The maximum Gasteiger partial charge on any atom is 0.245 e. The zero-order valence-electron chi connectivity index (χ0n) is 11.3. The number of sulfonamides is 2. The number of aryl methyl sites for hydroxylation is 1. The molecule has 1 aromatic carbocycles. The molecule has 0 aliphatic rings. The van der Waals surface area contributed by atoms with Gasteiger partial charge in [0.05, 0.1) is 18.2 Å². The Bertz CT molecular complexity index is 586. The molecule has 0 aliphatic carbocycles. The van der Waals surface area contributed by atoms with Gasteiger partial charge in [-0.15, -0.1) is 0 Å². The van der Waals surface area contributed by atoms with Crippen LogP contribution in [0.5, 0.6) is 0 Å². The molecule has 0 spiro atoms. The number of unbranched alkanes of at least 4 members (excludes halogenated alkanes) is 1. The van der Waals surface area contributed by atoms with Crippen LogP contribution in [0.15, 0.2) is 24.3 Å². The lowest BCUT2D eigenvalue weighted by Gasteiger charge is -2.19. The molecule has 0 saturated carbocycles. The van der Waals surface area contributed by atoms with Crippen LogP contribution in [0, 0.1) is 0 Å². The molecule has 108 valence electrons. The quantitative estimate of drug-likeness (QED) is 0.803. The third-order valence-corrected chi connectivity index (χ3v) is 5.82. The smallest absolute Gasteiger partial charge is 0.206 e. The van der Waals surface area contributed by atoms with E-state index >= 15 is 0 Å². The van der Waals surface area contributed by atoms with Crippen molar-refractivity contribution in [3.63, 3.8) is 0 Å². The summed E-state index contributed by atoms with van der Waals surface area (Å²) in [7, 11) is -7.72. The van der Waals surface area contributed by atoms with Crippen molar-refractivity contribution in [1.82, 2.24) is 0 Å². The molecule has 5 nitrogen and oxygen atoms in total. The van der Waals surface area contributed by atoms with Crippen LogP contribution in [0.25, 0.3) is 0 Å². The minimum atomic E-state index is -3.86. The Balaban J connectivity index is 3.13. The van der Waals surface area contributed by atoms with Crippen LogP contribution in [0.3, 0.4) is 0 Å². The van der Waals surface area contributed by atoms with Gasteiger partial charge in [0.2, 0.25) is 20.0 Å². The minimum absolute atomic E-state index is 0.144. The molecule has 0 bridgehead atoms. The molecule has 0 heterocycles. The van der Waals surface area contributed by atoms with E-state index < -0.39 is 20.0 Å². The zero-order valence-corrected chi connectivity index (χ0v) is 13.0. The third-order valence-electron chi connectivity index (χ3n) is 2.57. The molecule has 1 aromatic rings. The normalized spacial score (nSPS) is 12.4. The molecular formula is C12H19NO4S2. The molecule has 0 unspecified atom stereocenters. The zero-order chi connectivity index (χ0) is 14.7. The second-order valence-electron chi connectivity index (χ2n) is 4.49. The van der Waals surface area contributed by atoms with Crippen molar-refractivity contribution >= 4 is 25.7 Å². The fourth-order valence-corrected chi connectivity index (χ4v) is 4.77. The molecule has 0 N–H and O–H groups in total. The van der Waals surface area contributed by atoms with Crippen molar-refractivity contribution < 1.29 is 16.8 Å². The number of benzene rings is 1. The average molecular weight is 305 g/mol. The Morgan fingerprint density at radius 1 is 0.947 bits per heavy atom. The molecule has 0 atom stereocenters. The van der Waals surface area contributed by atoms with Crippen LogP contribution in [-0.2, 0) is 26.5 Å². The Hall–Kier alpha value is -1.08. The van der Waals surface area contributed by atoms with Gasteiger partial charge in [-0.2, -0.15) is 3.71 Å². The summed E-state index contributed by atoms with van der Waals surface area (Å²) in [6.07, 6.45) is 4.76. The van der Waals surface area contributed by atoms with E-state index in [-0.39, 0.29) is 5.69 Å². The number of hydrogen-bond donors (Lipinski definition) is 0. The summed E-state index contributed by atoms with van der Waals surface area (Å²) in [5.74, 6) is 0. The SMILES string of the molecule is CCCCc1ccc(N(S(C)(=O)=O)S(C)(=O)=O)cc1. The molecule has 0 aromatic heterocycles. The average Bonchev–Trinajstić information content (AvgIpc) is 2.24. The standard InChI is InChI=1S/C12H19NO4S2/c1-4-5-6-11-7-9-12(10-8-11)13(18(2,14)15)19(3,16)17/h7-10H,4-6H2,1-3H3. The highest BCUT2D eigenvalue weighted by atomic mass is 32.3. The topological polar surface area (TPSA) is 71.5 Å². The van der Waals surface area contributed by atoms with Crippen LogP contribution in [0.1, 0.15) is 25.3 Å². The van der Waals surface area contributed by atoms with E-state index in [1.165, 1.54) is 12.1 Å². The Morgan fingerprint density at radius 3 is 1.79 bits per heavy atom. The summed E-state index contributed by atoms with van der Waals surface area (Å²) >= 11 is 0. The van der Waals surface area contributed by atoms with Gasteiger partial charge in [-0.3, -0.25) is 0 Å². The van der Waals surface area contributed by atoms with Gasteiger partial charge in [-0.05, 0) is 30.5 Å². The van der Waals surface area contributed by atoms with Crippen LogP contribution in [0.2, 0.25) is 0 Å². The van der Waals surface area contributed by atoms with E-state index in [0.29, 0.717) is 3.71 Å². The lowest BCUT2D eigenvalue weighted by atomic mass is 10.1. The first-order valence-electron chi connectivity index (χ1n) is 5.95. The van der Waals surface area contributed by atoms with Crippen molar-refractivity contribution in [2.24, 2.45) is 0 Å². The Labute approximate surface area is 115 Å². The minimum Gasteiger partial charge on any atom is -0.206 e. The summed E-state index contributed by atoms with van der Waals surface area (Å²) in [6.45, 7) is 2.09. The molecule has 0 aliphatic heterocycles. The van der Waals surface area contributed by atoms with Gasteiger partial charge in [0.1, 0.15) is 0 Å². The first kappa shape index (κ1) is 16.0. The molecule has 0 fully saturated rings. The predicted molar refractivity (Wildman–Crippen MR) is 77.2 cm³/mol. The number of rotatable bonds is 6. The predicted octanol–water partition coefficient (Wildman–Crippen LogP) is 1.75. The first-order valence-corrected chi connectivity index (χ1v) is 9.65. The van der Waals surface area contributed by atoms with Gasteiger partial charge in [-0.1, -0.05) is 25.5 Å². The molecule has 0 radical (unpaired) electrons. The van der Waals surface area contributed by atoms with Crippen LogP contribution in [-0.4, -0.2) is 29.3 Å². The van der Waals surface area contributed by atoms with Crippen molar-refractivity contribution in [3.8, 4) is 0 Å². The number of hydrogen-bond acceptors (Lipinski definition) is 4. The lowest BCUT2D eigenvalue weighted by Crippen LogP contribution is -2.35. The highest BCUT2D eigenvalue weighted by molar-refractivity contribution is 8.09. The lowest BCUT2D eigenvalue weighted by molar-refractivity contribution is 0.590. The second kappa shape index (κ2) is 5.92. The highest BCUT2D eigenvalue weighted by Gasteiger charge is 2.26. The summed E-state index contributed by atoms with van der Waals surface area (Å²) in [5.41, 5.74) is 1.21. The van der Waals surface area contributed by atoms with Crippen LogP contribution in [0.4, 0.5) is 5.69 Å². The maximum atomic E-state index is 11.6. The second-order valence-corrected chi connectivity index (χ2v) is 8.39. The number of nitrogens with zero attached hydrogens (tertiary/aromatic N) is 1. The molecule has 1 rings (SSSR count). The van der Waals surface area contributed by atoms with Gasteiger partial charge in [-0.25, -0.2) is 16.8 Å². The first-order chi connectivity index (χ1) is 8.66. The molecule has 7 heteroatoms. The van der Waals surface area contributed by atoms with Crippen LogP contribution < -0.4 is 3.71 Å². The van der Waals surface area contributed by atoms with Crippen molar-refractivity contribution in [2.75, 3.05) is 16.2 Å². The van der Waals surface area contributed by atoms with Crippen molar-refractivity contribution in [1.29, 1.82) is 0 Å². The third kappa shape index (κ3) is 4.50. The molecular weight excluding hydrogens is 286 g/mol. The molecule has 0 amide bonds. The van der Waals surface area contributed by atoms with E-state index in [1.54, 1.807) is 12.1 Å². The van der Waals surface area contributed by atoms with Crippen molar-refractivity contribution in [3.05, 3.63) is 29.8 Å². The fourth-order valence-electron chi connectivity index (χ4n) is 1.79. The summed E-state index contributed by atoms with van der Waals surface area (Å²) in [5, 5.41) is 0. The van der Waals surface area contributed by atoms with E-state index in [9.17, 15) is 16.8 Å². The van der Waals surface area contributed by atoms with E-state index in [4.69, 9.17) is 0 Å². The number of anilines is 1. The summed E-state index contributed by atoms with van der Waals surface area (Å²) in [4.78, 5) is 0. The van der Waals surface area contributed by atoms with Gasteiger partial charge in [0, 0.05) is 0 Å². The Kier molecular flexibility index (Phi) is 4.98. The largest absolute Gasteiger partial charge is 0.245 e. The van der Waals surface area contributed by atoms with Gasteiger partial charge < -0.3 is 0 Å². The fraction of sp³-hybridized carbons (Fsp3) is 0.500. The van der Waals surface area contributed by atoms with Crippen LogP contribution >= 0.6 is 0 Å². The van der Waals surface area contributed by atoms with Crippen molar-refractivity contribution in [2.45, 2.75) is 26.2 Å². The maximum absolute atomic E-state index is 11.6. The molecule has 0 saturated heterocycles. The Morgan fingerprint density at radius 2 is 1.42 bits per heavy atom. The van der Waals surface area contributed by atoms with Gasteiger partial charge in [0.15, 0.2) is 0 Å². The highest BCUT2D eigenvalue weighted by Crippen LogP contribution is 2.21. The van der Waals surface area contributed by atoms with E-state index in [2.05, 4.69) is 6.92 Å². The summed E-state index contributed by atoms with van der Waals surface area (Å²) < 4.78 is 46.8. The van der Waals surface area contributed by atoms with E-state index in [1.807, 2.05) is 0 Å². The molecule has 19 heavy (non-hydrogen) atoms.